The maximum Gasteiger partial charge on any atom is 0.223 e. The Morgan fingerprint density at radius 2 is 1.88 bits per heavy atom. The number of rotatable bonds is 2. The second kappa shape index (κ2) is 4.60. The molecule has 5 atom stereocenters. The minimum Gasteiger partial charge on any atom is -0.391 e. The van der Waals surface area contributed by atoms with E-state index in [1.807, 2.05) is 0 Å². The van der Waals surface area contributed by atoms with Crippen molar-refractivity contribution < 1.29 is 9.90 Å². The van der Waals surface area contributed by atoms with Crippen LogP contribution in [0.5, 0.6) is 0 Å². The zero-order valence-electron chi connectivity index (χ0n) is 10.4. The van der Waals surface area contributed by atoms with Crippen LogP contribution < -0.4 is 5.32 Å². The molecule has 0 radical (unpaired) electrons. The first-order valence-corrected chi connectivity index (χ1v) is 7.22. The Kier molecular flexibility index (Phi) is 3.12. The van der Waals surface area contributed by atoms with Crippen molar-refractivity contribution in [2.24, 2.45) is 17.8 Å². The number of hydrogen-bond donors (Lipinski definition) is 2. The topological polar surface area (TPSA) is 49.3 Å². The summed E-state index contributed by atoms with van der Waals surface area (Å²) in [4.78, 5) is 12.2. The van der Waals surface area contributed by atoms with E-state index in [9.17, 15) is 9.90 Å². The van der Waals surface area contributed by atoms with Crippen LogP contribution in [0.15, 0.2) is 0 Å². The van der Waals surface area contributed by atoms with Crippen molar-refractivity contribution in [2.45, 2.75) is 63.5 Å². The van der Waals surface area contributed by atoms with Gasteiger partial charge in [0.15, 0.2) is 0 Å². The molecule has 0 heterocycles. The van der Waals surface area contributed by atoms with Crippen LogP contribution in [0.2, 0.25) is 0 Å². The van der Waals surface area contributed by atoms with Crippen LogP contribution in [0.25, 0.3) is 0 Å². The first-order chi connectivity index (χ1) is 8.24. The van der Waals surface area contributed by atoms with E-state index in [1.54, 1.807) is 0 Å². The molecule has 0 spiro atoms. The zero-order valence-corrected chi connectivity index (χ0v) is 10.4. The predicted molar refractivity (Wildman–Crippen MR) is 65.3 cm³/mol. The van der Waals surface area contributed by atoms with E-state index in [4.69, 9.17) is 0 Å². The number of carbonyl (C=O) groups excluding carboxylic acids is 1. The molecular formula is C14H23NO2. The van der Waals surface area contributed by atoms with Gasteiger partial charge < -0.3 is 10.4 Å². The molecule has 3 aliphatic rings. The van der Waals surface area contributed by atoms with Gasteiger partial charge in [0.1, 0.15) is 0 Å². The Morgan fingerprint density at radius 1 is 1.06 bits per heavy atom. The normalized spacial score (nSPS) is 44.9. The number of hydrogen-bond acceptors (Lipinski definition) is 2. The third-order valence-corrected chi connectivity index (χ3v) is 5.13. The highest BCUT2D eigenvalue weighted by Crippen LogP contribution is 2.48. The summed E-state index contributed by atoms with van der Waals surface area (Å²) in [7, 11) is 0. The number of carbonyl (C=O) groups is 1. The summed E-state index contributed by atoms with van der Waals surface area (Å²) in [5.74, 6) is 1.93. The third-order valence-electron chi connectivity index (χ3n) is 5.13. The van der Waals surface area contributed by atoms with Gasteiger partial charge in [0.2, 0.25) is 5.91 Å². The Labute approximate surface area is 103 Å². The Morgan fingerprint density at radius 3 is 2.53 bits per heavy atom. The Balaban J connectivity index is 1.56. The summed E-state index contributed by atoms with van der Waals surface area (Å²) in [5, 5.41) is 13.0. The smallest absolute Gasteiger partial charge is 0.223 e. The van der Waals surface area contributed by atoms with Crippen molar-refractivity contribution in [3.05, 3.63) is 0 Å². The fraction of sp³-hybridized carbons (Fsp3) is 0.929. The summed E-state index contributed by atoms with van der Waals surface area (Å²) in [6, 6.07) is 0.0235. The van der Waals surface area contributed by atoms with Gasteiger partial charge in [-0.15, -0.1) is 0 Å². The maximum absolute atomic E-state index is 12.2. The summed E-state index contributed by atoms with van der Waals surface area (Å²) in [6.45, 7) is 0. The van der Waals surface area contributed by atoms with Gasteiger partial charge in [-0.3, -0.25) is 4.79 Å². The second-order valence-electron chi connectivity index (χ2n) is 6.25. The Hall–Kier alpha value is -0.570. The van der Waals surface area contributed by atoms with E-state index >= 15 is 0 Å². The zero-order chi connectivity index (χ0) is 11.8. The fourth-order valence-electron chi connectivity index (χ4n) is 4.14. The third kappa shape index (κ3) is 2.22. The van der Waals surface area contributed by atoms with Crippen molar-refractivity contribution in [1.29, 1.82) is 0 Å². The van der Waals surface area contributed by atoms with Gasteiger partial charge in [0.05, 0.1) is 12.1 Å². The largest absolute Gasteiger partial charge is 0.391 e. The lowest BCUT2D eigenvalue weighted by atomic mass is 9.87. The summed E-state index contributed by atoms with van der Waals surface area (Å²) >= 11 is 0. The molecule has 0 aromatic heterocycles. The molecular weight excluding hydrogens is 214 g/mol. The van der Waals surface area contributed by atoms with E-state index in [0.717, 1.165) is 38.0 Å². The second-order valence-corrected chi connectivity index (χ2v) is 6.25. The molecule has 3 rings (SSSR count). The molecule has 3 heteroatoms. The monoisotopic (exact) mass is 237 g/mol. The molecule has 3 nitrogen and oxygen atoms in total. The van der Waals surface area contributed by atoms with Gasteiger partial charge in [-0.1, -0.05) is 19.3 Å². The molecule has 3 saturated carbocycles. The molecule has 3 fully saturated rings. The SMILES string of the molecule is O=C(N[C@H]1CCCC[C@@H]1O)C1CC2CCC1C2. The lowest BCUT2D eigenvalue weighted by Crippen LogP contribution is -2.47. The average molecular weight is 237 g/mol. The number of fused-ring (bicyclic) bond motifs is 2. The number of nitrogens with one attached hydrogen (secondary N) is 1. The minimum absolute atomic E-state index is 0.0235. The van der Waals surface area contributed by atoms with Crippen LogP contribution in [0.1, 0.15) is 51.4 Å². The highest BCUT2D eigenvalue weighted by molar-refractivity contribution is 5.79. The van der Waals surface area contributed by atoms with Gasteiger partial charge in [-0.05, 0) is 43.9 Å². The lowest BCUT2D eigenvalue weighted by Gasteiger charge is -2.30. The van der Waals surface area contributed by atoms with Gasteiger partial charge >= 0.3 is 0 Å². The van der Waals surface area contributed by atoms with Crippen molar-refractivity contribution in [2.75, 3.05) is 0 Å². The van der Waals surface area contributed by atoms with Crippen molar-refractivity contribution in [3.63, 3.8) is 0 Å². The van der Waals surface area contributed by atoms with E-state index in [-0.39, 0.29) is 24.0 Å². The molecule has 3 aliphatic carbocycles. The molecule has 2 bridgehead atoms. The Bertz CT molecular complexity index is 305. The molecule has 0 saturated heterocycles. The van der Waals surface area contributed by atoms with Crippen molar-refractivity contribution >= 4 is 5.91 Å². The molecule has 1 amide bonds. The molecule has 2 N–H and O–H groups in total. The number of amides is 1. The number of aliphatic hydroxyl groups excluding tert-OH is 1. The molecule has 17 heavy (non-hydrogen) atoms. The van der Waals surface area contributed by atoms with Crippen LogP contribution in [-0.2, 0) is 4.79 Å². The van der Waals surface area contributed by atoms with E-state index in [2.05, 4.69) is 5.32 Å². The van der Waals surface area contributed by atoms with Crippen LogP contribution >= 0.6 is 0 Å². The van der Waals surface area contributed by atoms with Crippen molar-refractivity contribution in [3.8, 4) is 0 Å². The molecule has 0 aromatic carbocycles. The van der Waals surface area contributed by atoms with Gasteiger partial charge in [0.25, 0.3) is 0 Å². The summed E-state index contributed by atoms with van der Waals surface area (Å²) in [5.41, 5.74) is 0. The number of aliphatic hydroxyl groups is 1. The molecule has 96 valence electrons. The van der Waals surface area contributed by atoms with E-state index in [1.165, 1.54) is 19.3 Å². The average Bonchev–Trinajstić information content (AvgIpc) is 2.94. The van der Waals surface area contributed by atoms with Crippen molar-refractivity contribution in [1.82, 2.24) is 5.32 Å². The molecule has 0 aliphatic heterocycles. The molecule has 3 unspecified atom stereocenters. The molecule has 0 aromatic rings. The minimum atomic E-state index is -0.314. The fourth-order valence-corrected chi connectivity index (χ4v) is 4.14. The highest BCUT2D eigenvalue weighted by atomic mass is 16.3. The van der Waals surface area contributed by atoms with Crippen LogP contribution in [0, 0.1) is 17.8 Å². The maximum atomic E-state index is 12.2. The summed E-state index contributed by atoms with van der Waals surface area (Å²) in [6.07, 6.45) is 8.67. The summed E-state index contributed by atoms with van der Waals surface area (Å²) < 4.78 is 0. The predicted octanol–water partition coefficient (Wildman–Crippen LogP) is 1.84. The van der Waals surface area contributed by atoms with Gasteiger partial charge in [-0.25, -0.2) is 0 Å². The van der Waals surface area contributed by atoms with Gasteiger partial charge in [-0.2, -0.15) is 0 Å². The van der Waals surface area contributed by atoms with Crippen LogP contribution in [-0.4, -0.2) is 23.2 Å². The van der Waals surface area contributed by atoms with Gasteiger partial charge in [0, 0.05) is 5.92 Å². The first-order valence-electron chi connectivity index (χ1n) is 7.22. The quantitative estimate of drug-likeness (QED) is 0.770. The highest BCUT2D eigenvalue weighted by Gasteiger charge is 2.43. The van der Waals surface area contributed by atoms with E-state index < -0.39 is 0 Å². The van der Waals surface area contributed by atoms with Crippen LogP contribution in [0.3, 0.4) is 0 Å². The van der Waals surface area contributed by atoms with E-state index in [0.29, 0.717) is 5.92 Å². The first kappa shape index (κ1) is 11.5. The lowest BCUT2D eigenvalue weighted by molar-refractivity contribution is -0.128. The van der Waals surface area contributed by atoms with Crippen LogP contribution in [0.4, 0.5) is 0 Å². The standard InChI is InChI=1S/C14H23NO2/c16-13-4-2-1-3-12(13)15-14(17)11-8-9-5-6-10(11)7-9/h9-13,16H,1-8H2,(H,15,17)/t9?,10?,11?,12-,13-/m0/s1.